The van der Waals surface area contributed by atoms with Gasteiger partial charge in [0.25, 0.3) is 0 Å². The van der Waals surface area contributed by atoms with Crippen molar-refractivity contribution in [1.29, 1.82) is 0 Å². The summed E-state index contributed by atoms with van der Waals surface area (Å²) in [5.41, 5.74) is 6.56. The van der Waals surface area contributed by atoms with Gasteiger partial charge in [-0.2, -0.15) is 0 Å². The lowest BCUT2D eigenvalue weighted by Gasteiger charge is -2.10. The van der Waals surface area contributed by atoms with Gasteiger partial charge in [0.2, 0.25) is 0 Å². The van der Waals surface area contributed by atoms with Crippen LogP contribution >= 0.6 is 11.3 Å². The van der Waals surface area contributed by atoms with E-state index in [1.807, 2.05) is 19.1 Å². The lowest BCUT2D eigenvalue weighted by atomic mass is 10.1. The summed E-state index contributed by atoms with van der Waals surface area (Å²) in [6, 6.07) is 10.2. The maximum atomic E-state index is 13.5. The third-order valence-corrected chi connectivity index (χ3v) is 3.39. The standard InChI is InChI=1S/C12H12FNS/c1-8-6-7-11(15-8)12(14)9-4-2-3-5-10(9)13/h2-7,12H,14H2,1H3. The maximum Gasteiger partial charge on any atom is 0.128 e. The second kappa shape index (κ2) is 4.13. The largest absolute Gasteiger partial charge is 0.320 e. The average molecular weight is 221 g/mol. The van der Waals surface area contributed by atoms with Crippen molar-refractivity contribution in [3.63, 3.8) is 0 Å². The molecule has 3 heteroatoms. The van der Waals surface area contributed by atoms with Crippen LogP contribution in [0.15, 0.2) is 36.4 Å². The number of thiophene rings is 1. The van der Waals surface area contributed by atoms with E-state index in [0.717, 1.165) is 4.88 Å². The third-order valence-electron chi connectivity index (χ3n) is 2.31. The van der Waals surface area contributed by atoms with E-state index < -0.39 is 0 Å². The fourth-order valence-electron chi connectivity index (χ4n) is 1.50. The van der Waals surface area contributed by atoms with E-state index in [1.54, 1.807) is 29.5 Å². The first-order chi connectivity index (χ1) is 7.18. The second-order valence-corrected chi connectivity index (χ2v) is 4.77. The summed E-state index contributed by atoms with van der Waals surface area (Å²) >= 11 is 1.61. The molecule has 1 atom stereocenters. The molecule has 15 heavy (non-hydrogen) atoms. The molecule has 2 N–H and O–H groups in total. The van der Waals surface area contributed by atoms with Crippen LogP contribution in [0.5, 0.6) is 0 Å². The van der Waals surface area contributed by atoms with E-state index in [-0.39, 0.29) is 11.9 Å². The van der Waals surface area contributed by atoms with E-state index in [0.29, 0.717) is 5.56 Å². The third kappa shape index (κ3) is 2.08. The molecule has 0 aliphatic heterocycles. The van der Waals surface area contributed by atoms with Crippen LogP contribution in [0.4, 0.5) is 4.39 Å². The first-order valence-corrected chi connectivity index (χ1v) is 5.56. The van der Waals surface area contributed by atoms with Crippen molar-refractivity contribution < 1.29 is 4.39 Å². The summed E-state index contributed by atoms with van der Waals surface area (Å²) in [6.45, 7) is 2.02. The summed E-state index contributed by atoms with van der Waals surface area (Å²) in [5.74, 6) is -0.240. The summed E-state index contributed by atoms with van der Waals surface area (Å²) in [4.78, 5) is 2.19. The van der Waals surface area contributed by atoms with Crippen molar-refractivity contribution >= 4 is 11.3 Å². The Morgan fingerprint density at radius 3 is 2.53 bits per heavy atom. The molecule has 1 nitrogen and oxygen atoms in total. The Kier molecular flexibility index (Phi) is 2.84. The molecule has 0 aliphatic carbocycles. The number of hydrogen-bond acceptors (Lipinski definition) is 2. The minimum atomic E-state index is -0.357. The van der Waals surface area contributed by atoms with Crippen LogP contribution in [0.25, 0.3) is 0 Å². The summed E-state index contributed by atoms with van der Waals surface area (Å²) < 4.78 is 13.5. The van der Waals surface area contributed by atoms with Crippen molar-refractivity contribution in [1.82, 2.24) is 0 Å². The van der Waals surface area contributed by atoms with Crippen LogP contribution < -0.4 is 5.73 Å². The zero-order valence-electron chi connectivity index (χ0n) is 8.41. The highest BCUT2D eigenvalue weighted by Gasteiger charge is 2.14. The van der Waals surface area contributed by atoms with E-state index in [9.17, 15) is 4.39 Å². The van der Waals surface area contributed by atoms with Gasteiger partial charge in [-0.25, -0.2) is 4.39 Å². The molecule has 2 aromatic rings. The van der Waals surface area contributed by atoms with Crippen molar-refractivity contribution in [2.45, 2.75) is 13.0 Å². The Hall–Kier alpha value is -1.19. The number of rotatable bonds is 2. The maximum absolute atomic E-state index is 13.5. The van der Waals surface area contributed by atoms with Crippen LogP contribution in [0.3, 0.4) is 0 Å². The molecular formula is C12H12FNS. The van der Waals surface area contributed by atoms with Gasteiger partial charge < -0.3 is 5.73 Å². The first kappa shape index (κ1) is 10.3. The SMILES string of the molecule is Cc1ccc(C(N)c2ccccc2F)s1. The highest BCUT2D eigenvalue weighted by molar-refractivity contribution is 7.12. The van der Waals surface area contributed by atoms with Crippen molar-refractivity contribution in [3.8, 4) is 0 Å². The Morgan fingerprint density at radius 1 is 1.20 bits per heavy atom. The minimum absolute atomic E-state index is 0.240. The van der Waals surface area contributed by atoms with Gasteiger partial charge in [0.15, 0.2) is 0 Å². The number of benzene rings is 1. The Balaban J connectivity index is 2.36. The van der Waals surface area contributed by atoms with Crippen LogP contribution in [0, 0.1) is 12.7 Å². The highest BCUT2D eigenvalue weighted by atomic mass is 32.1. The van der Waals surface area contributed by atoms with Crippen LogP contribution in [-0.4, -0.2) is 0 Å². The molecule has 1 aromatic carbocycles. The molecule has 0 spiro atoms. The number of halogens is 1. The van der Waals surface area contributed by atoms with Gasteiger partial charge in [0.05, 0.1) is 6.04 Å². The number of aryl methyl sites for hydroxylation is 1. The van der Waals surface area contributed by atoms with E-state index >= 15 is 0 Å². The molecular weight excluding hydrogens is 209 g/mol. The van der Waals surface area contributed by atoms with Crippen molar-refractivity contribution in [2.24, 2.45) is 5.73 Å². The molecule has 0 saturated carbocycles. The van der Waals surface area contributed by atoms with Gasteiger partial charge >= 0.3 is 0 Å². The summed E-state index contributed by atoms with van der Waals surface area (Å²) in [5, 5.41) is 0. The lowest BCUT2D eigenvalue weighted by Crippen LogP contribution is -2.11. The zero-order valence-corrected chi connectivity index (χ0v) is 9.22. The second-order valence-electron chi connectivity index (χ2n) is 3.45. The Labute approximate surface area is 92.4 Å². The van der Waals surface area contributed by atoms with E-state index in [2.05, 4.69) is 0 Å². The molecule has 1 heterocycles. The van der Waals surface area contributed by atoms with Crippen LogP contribution in [0.2, 0.25) is 0 Å². The van der Waals surface area contributed by atoms with Gasteiger partial charge in [-0.05, 0) is 25.1 Å². The Morgan fingerprint density at radius 2 is 1.93 bits per heavy atom. The smallest absolute Gasteiger partial charge is 0.128 e. The Bertz CT molecular complexity index is 464. The molecule has 0 fully saturated rings. The molecule has 2 rings (SSSR count). The van der Waals surface area contributed by atoms with Gasteiger partial charge in [-0.15, -0.1) is 11.3 Å². The van der Waals surface area contributed by atoms with E-state index in [1.165, 1.54) is 10.9 Å². The monoisotopic (exact) mass is 221 g/mol. The lowest BCUT2D eigenvalue weighted by molar-refractivity contribution is 0.601. The number of nitrogens with two attached hydrogens (primary N) is 1. The molecule has 0 bridgehead atoms. The molecule has 78 valence electrons. The van der Waals surface area contributed by atoms with Gasteiger partial charge in [-0.3, -0.25) is 0 Å². The molecule has 0 amide bonds. The average Bonchev–Trinajstić information content (AvgIpc) is 2.65. The molecule has 1 unspecified atom stereocenters. The van der Waals surface area contributed by atoms with Gasteiger partial charge in [0, 0.05) is 15.3 Å². The molecule has 0 saturated heterocycles. The van der Waals surface area contributed by atoms with Crippen molar-refractivity contribution in [2.75, 3.05) is 0 Å². The topological polar surface area (TPSA) is 26.0 Å². The highest BCUT2D eigenvalue weighted by Crippen LogP contribution is 2.27. The van der Waals surface area contributed by atoms with Crippen LogP contribution in [-0.2, 0) is 0 Å². The quantitative estimate of drug-likeness (QED) is 0.827. The molecule has 0 aliphatic rings. The number of hydrogen-bond donors (Lipinski definition) is 1. The predicted octanol–water partition coefficient (Wildman–Crippen LogP) is 3.24. The van der Waals surface area contributed by atoms with Crippen molar-refractivity contribution in [3.05, 3.63) is 57.5 Å². The normalized spacial score (nSPS) is 12.7. The molecule has 1 aromatic heterocycles. The first-order valence-electron chi connectivity index (χ1n) is 4.75. The minimum Gasteiger partial charge on any atom is -0.320 e. The molecule has 0 radical (unpaired) electrons. The predicted molar refractivity (Wildman–Crippen MR) is 61.5 cm³/mol. The summed E-state index contributed by atoms with van der Waals surface area (Å²) in [7, 11) is 0. The fourth-order valence-corrected chi connectivity index (χ4v) is 2.40. The summed E-state index contributed by atoms with van der Waals surface area (Å²) in [6.07, 6.45) is 0. The van der Waals surface area contributed by atoms with Gasteiger partial charge in [-0.1, -0.05) is 18.2 Å². The van der Waals surface area contributed by atoms with Gasteiger partial charge in [0.1, 0.15) is 5.82 Å². The van der Waals surface area contributed by atoms with Crippen LogP contribution in [0.1, 0.15) is 21.4 Å². The fraction of sp³-hybridized carbons (Fsp3) is 0.167. The zero-order chi connectivity index (χ0) is 10.8. The van der Waals surface area contributed by atoms with E-state index in [4.69, 9.17) is 5.73 Å².